The third kappa shape index (κ3) is 5.74. The summed E-state index contributed by atoms with van der Waals surface area (Å²) in [6.45, 7) is 7.49. The lowest BCUT2D eigenvalue weighted by Crippen LogP contribution is -2.36. The Balaban J connectivity index is 2.28. The molecule has 0 saturated heterocycles. The molecule has 0 amide bonds. The Bertz CT molecular complexity index is 865. The summed E-state index contributed by atoms with van der Waals surface area (Å²) in [4.78, 5) is -0.173. The molecule has 0 saturated carbocycles. The van der Waals surface area contributed by atoms with Crippen LogP contribution in [-0.4, -0.2) is 14.8 Å². The number of aryl methyl sites for hydroxylation is 1. The van der Waals surface area contributed by atoms with Crippen molar-refractivity contribution < 1.29 is 30.7 Å². The SMILES string of the molecule is CCc1ccc([C@@H](NS(=O)(=O)c2ccc(OC(F)(F)F)cc2)C(C)(C)C)o1. The Morgan fingerprint density at radius 1 is 1.07 bits per heavy atom. The molecule has 1 N–H and O–H groups in total. The van der Waals surface area contributed by atoms with Crippen LogP contribution in [-0.2, 0) is 16.4 Å². The van der Waals surface area contributed by atoms with E-state index in [-0.39, 0.29) is 4.90 Å². The predicted octanol–water partition coefficient (Wildman–Crippen LogP) is 4.81. The second kappa shape index (κ2) is 7.55. The maximum atomic E-state index is 12.7. The Kier molecular flexibility index (Phi) is 5.96. The van der Waals surface area contributed by atoms with E-state index < -0.39 is 33.6 Å². The quantitative estimate of drug-likeness (QED) is 0.749. The van der Waals surface area contributed by atoms with E-state index in [1.165, 1.54) is 0 Å². The summed E-state index contributed by atoms with van der Waals surface area (Å²) >= 11 is 0. The van der Waals surface area contributed by atoms with Gasteiger partial charge in [0.15, 0.2) is 0 Å². The molecule has 2 rings (SSSR count). The molecule has 1 aromatic carbocycles. The smallest absolute Gasteiger partial charge is 0.464 e. The van der Waals surface area contributed by atoms with Crippen LogP contribution in [0.5, 0.6) is 5.75 Å². The van der Waals surface area contributed by atoms with Gasteiger partial charge in [-0.1, -0.05) is 27.7 Å². The van der Waals surface area contributed by atoms with Gasteiger partial charge in [-0.3, -0.25) is 0 Å². The molecular weight excluding hydrogens is 383 g/mol. The van der Waals surface area contributed by atoms with Gasteiger partial charge in [0.1, 0.15) is 17.3 Å². The minimum absolute atomic E-state index is 0.173. The number of sulfonamides is 1. The third-order valence-electron chi connectivity index (χ3n) is 3.82. The maximum Gasteiger partial charge on any atom is 0.573 e. The number of ether oxygens (including phenoxy) is 1. The fourth-order valence-electron chi connectivity index (χ4n) is 2.44. The molecule has 1 atom stereocenters. The van der Waals surface area contributed by atoms with Crippen molar-refractivity contribution in [3.8, 4) is 5.75 Å². The summed E-state index contributed by atoms with van der Waals surface area (Å²) in [6, 6.07) is 6.87. The van der Waals surface area contributed by atoms with Gasteiger partial charge in [-0.2, -0.15) is 4.72 Å². The minimum Gasteiger partial charge on any atom is -0.464 e. The van der Waals surface area contributed by atoms with Gasteiger partial charge >= 0.3 is 6.36 Å². The van der Waals surface area contributed by atoms with E-state index >= 15 is 0 Å². The van der Waals surface area contributed by atoms with Gasteiger partial charge < -0.3 is 9.15 Å². The molecular formula is C18H22F3NO4S. The Hall–Kier alpha value is -2.00. The summed E-state index contributed by atoms with van der Waals surface area (Å²) < 4.78 is 74.2. The van der Waals surface area contributed by atoms with Crippen LogP contribution in [0.1, 0.15) is 45.3 Å². The number of hydrogen-bond acceptors (Lipinski definition) is 4. The van der Waals surface area contributed by atoms with Crippen molar-refractivity contribution in [2.75, 3.05) is 0 Å². The molecule has 27 heavy (non-hydrogen) atoms. The lowest BCUT2D eigenvalue weighted by atomic mass is 9.86. The van der Waals surface area contributed by atoms with Crippen LogP contribution >= 0.6 is 0 Å². The van der Waals surface area contributed by atoms with Crippen LogP contribution in [0.2, 0.25) is 0 Å². The van der Waals surface area contributed by atoms with Gasteiger partial charge in [0.25, 0.3) is 0 Å². The van der Waals surface area contributed by atoms with Crippen molar-refractivity contribution in [3.63, 3.8) is 0 Å². The molecule has 9 heteroatoms. The van der Waals surface area contributed by atoms with Crippen molar-refractivity contribution in [1.82, 2.24) is 4.72 Å². The fourth-order valence-corrected chi connectivity index (χ4v) is 3.86. The zero-order valence-corrected chi connectivity index (χ0v) is 16.2. The van der Waals surface area contributed by atoms with E-state index in [1.807, 2.05) is 27.7 Å². The van der Waals surface area contributed by atoms with E-state index in [0.29, 0.717) is 12.2 Å². The lowest BCUT2D eigenvalue weighted by Gasteiger charge is -2.29. The number of alkyl halides is 3. The number of rotatable bonds is 6. The number of nitrogens with one attached hydrogen (secondary N) is 1. The second-order valence-corrected chi connectivity index (χ2v) is 8.81. The number of hydrogen-bond donors (Lipinski definition) is 1. The summed E-state index contributed by atoms with van der Waals surface area (Å²) in [7, 11) is -4.00. The largest absolute Gasteiger partial charge is 0.573 e. The molecule has 0 radical (unpaired) electrons. The molecule has 0 fully saturated rings. The average Bonchev–Trinajstić information content (AvgIpc) is 2.99. The zero-order valence-electron chi connectivity index (χ0n) is 15.4. The van der Waals surface area contributed by atoms with E-state index in [4.69, 9.17) is 4.42 Å². The van der Waals surface area contributed by atoms with Crippen molar-refractivity contribution in [2.45, 2.75) is 51.4 Å². The molecule has 0 unspecified atom stereocenters. The Labute approximate surface area is 156 Å². The molecule has 0 aliphatic heterocycles. The Morgan fingerprint density at radius 3 is 2.11 bits per heavy atom. The van der Waals surface area contributed by atoms with E-state index in [0.717, 1.165) is 30.0 Å². The third-order valence-corrected chi connectivity index (χ3v) is 5.26. The van der Waals surface area contributed by atoms with Crippen LogP contribution in [0, 0.1) is 5.41 Å². The summed E-state index contributed by atoms with van der Waals surface area (Å²) in [5.74, 6) is 0.708. The highest BCUT2D eigenvalue weighted by molar-refractivity contribution is 7.89. The molecule has 1 heterocycles. The van der Waals surface area contributed by atoms with Gasteiger partial charge in [0.05, 0.1) is 10.9 Å². The van der Waals surface area contributed by atoms with Gasteiger partial charge in [0, 0.05) is 6.42 Å². The van der Waals surface area contributed by atoms with Crippen molar-refractivity contribution in [2.24, 2.45) is 5.41 Å². The molecule has 0 bridgehead atoms. The van der Waals surface area contributed by atoms with Gasteiger partial charge in [-0.15, -0.1) is 13.2 Å². The first-order chi connectivity index (χ1) is 12.3. The standard InChI is InChI=1S/C18H22F3NO4S/c1-5-12-8-11-15(25-12)16(17(2,3)4)22-27(23,24)14-9-6-13(7-10-14)26-18(19,20)21/h6-11,16,22H,5H2,1-4H3/t16-/m1/s1. The normalized spacial score (nSPS) is 14.2. The maximum absolute atomic E-state index is 12.7. The van der Waals surface area contributed by atoms with Crippen LogP contribution in [0.25, 0.3) is 0 Å². The zero-order chi connectivity index (χ0) is 20.5. The first kappa shape index (κ1) is 21.3. The highest BCUT2D eigenvalue weighted by Gasteiger charge is 2.34. The summed E-state index contributed by atoms with van der Waals surface area (Å²) in [6.07, 6.45) is -4.17. The fraction of sp³-hybridized carbons (Fsp3) is 0.444. The van der Waals surface area contributed by atoms with E-state index in [9.17, 15) is 21.6 Å². The highest BCUT2D eigenvalue weighted by Crippen LogP contribution is 2.35. The van der Waals surface area contributed by atoms with Crippen molar-refractivity contribution in [3.05, 3.63) is 47.9 Å². The number of benzene rings is 1. The first-order valence-electron chi connectivity index (χ1n) is 8.28. The molecule has 150 valence electrons. The monoisotopic (exact) mass is 405 g/mol. The lowest BCUT2D eigenvalue weighted by molar-refractivity contribution is -0.274. The van der Waals surface area contributed by atoms with Crippen molar-refractivity contribution >= 4 is 10.0 Å². The van der Waals surface area contributed by atoms with Crippen LogP contribution < -0.4 is 9.46 Å². The summed E-state index contributed by atoms with van der Waals surface area (Å²) in [5, 5.41) is 0. The molecule has 0 aliphatic rings. The van der Waals surface area contributed by atoms with Gasteiger partial charge in [-0.25, -0.2) is 8.42 Å². The van der Waals surface area contributed by atoms with Gasteiger partial charge in [-0.05, 0) is 41.8 Å². The molecule has 5 nitrogen and oxygen atoms in total. The minimum atomic E-state index is -4.84. The van der Waals surface area contributed by atoms with E-state index in [2.05, 4.69) is 9.46 Å². The second-order valence-electron chi connectivity index (χ2n) is 7.10. The van der Waals surface area contributed by atoms with Crippen LogP contribution in [0.4, 0.5) is 13.2 Å². The first-order valence-corrected chi connectivity index (χ1v) is 9.77. The van der Waals surface area contributed by atoms with Crippen LogP contribution in [0.15, 0.2) is 45.7 Å². The number of furan rings is 1. The van der Waals surface area contributed by atoms with Crippen LogP contribution in [0.3, 0.4) is 0 Å². The van der Waals surface area contributed by atoms with E-state index in [1.54, 1.807) is 12.1 Å². The summed E-state index contributed by atoms with van der Waals surface area (Å²) in [5.41, 5.74) is -0.505. The topological polar surface area (TPSA) is 68.5 Å². The molecule has 2 aromatic rings. The predicted molar refractivity (Wildman–Crippen MR) is 93.7 cm³/mol. The molecule has 0 aliphatic carbocycles. The Morgan fingerprint density at radius 2 is 1.67 bits per heavy atom. The van der Waals surface area contributed by atoms with Crippen molar-refractivity contribution in [1.29, 1.82) is 0 Å². The average molecular weight is 405 g/mol. The van der Waals surface area contributed by atoms with Gasteiger partial charge in [0.2, 0.25) is 10.0 Å². The molecule has 1 aromatic heterocycles. The molecule has 0 spiro atoms. The highest BCUT2D eigenvalue weighted by atomic mass is 32.2. The number of halogens is 3.